The van der Waals surface area contributed by atoms with E-state index in [4.69, 9.17) is 0 Å². The number of carbonyl (C=O) groups excluding carboxylic acids is 1. The van der Waals surface area contributed by atoms with E-state index in [0.717, 1.165) is 16.8 Å². The molecule has 1 aromatic carbocycles. The fourth-order valence-corrected chi connectivity index (χ4v) is 2.67. The number of aromatic amines is 1. The lowest BCUT2D eigenvalue weighted by Crippen LogP contribution is -2.36. The van der Waals surface area contributed by atoms with E-state index < -0.39 is 5.97 Å². The summed E-state index contributed by atoms with van der Waals surface area (Å²) in [6.07, 6.45) is 0.549. The third-order valence-electron chi connectivity index (χ3n) is 3.71. The Kier molecular flexibility index (Phi) is 3.21. The number of carbonyl (C=O) groups is 2. The van der Waals surface area contributed by atoms with Crippen LogP contribution in [-0.4, -0.2) is 38.6 Å². The molecule has 2 aromatic rings. The molecule has 0 unspecified atom stereocenters. The number of carboxylic acids is 1. The number of nitrogens with one attached hydrogen (secondary N) is 1. The van der Waals surface area contributed by atoms with Crippen LogP contribution < -0.4 is 0 Å². The zero-order chi connectivity index (χ0) is 15.0. The maximum Gasteiger partial charge on any atom is 0.335 e. The molecule has 0 radical (unpaired) electrons. The molecular weight excluding hydrogens is 270 g/mol. The third-order valence-corrected chi connectivity index (χ3v) is 3.71. The van der Waals surface area contributed by atoms with Crippen molar-refractivity contribution in [2.45, 2.75) is 19.9 Å². The average Bonchev–Trinajstić information content (AvgIpc) is 2.91. The van der Waals surface area contributed by atoms with Crippen LogP contribution in [0.25, 0.3) is 0 Å². The molecule has 6 nitrogen and oxygen atoms in total. The first-order valence-electron chi connectivity index (χ1n) is 6.71. The van der Waals surface area contributed by atoms with Gasteiger partial charge in [-0.3, -0.25) is 9.89 Å². The molecule has 21 heavy (non-hydrogen) atoms. The van der Waals surface area contributed by atoms with E-state index in [1.807, 2.05) is 13.0 Å². The molecule has 6 heteroatoms. The van der Waals surface area contributed by atoms with Gasteiger partial charge >= 0.3 is 5.97 Å². The van der Waals surface area contributed by atoms with Crippen LogP contribution in [-0.2, 0) is 13.0 Å². The highest BCUT2D eigenvalue weighted by Gasteiger charge is 2.25. The Hall–Kier alpha value is -2.63. The Morgan fingerprint density at radius 1 is 1.38 bits per heavy atom. The van der Waals surface area contributed by atoms with Crippen molar-refractivity contribution in [2.24, 2.45) is 0 Å². The number of hydrogen-bond donors (Lipinski definition) is 2. The lowest BCUT2D eigenvalue weighted by atomic mass is 9.94. The summed E-state index contributed by atoms with van der Waals surface area (Å²) in [6, 6.07) is 6.91. The van der Waals surface area contributed by atoms with E-state index in [1.165, 1.54) is 0 Å². The first-order valence-corrected chi connectivity index (χ1v) is 6.71. The van der Waals surface area contributed by atoms with Gasteiger partial charge in [0.2, 0.25) is 0 Å². The van der Waals surface area contributed by atoms with Crippen molar-refractivity contribution in [3.8, 4) is 0 Å². The Balaban J connectivity index is 1.86. The number of amides is 1. The molecule has 0 saturated heterocycles. The summed E-state index contributed by atoms with van der Waals surface area (Å²) < 4.78 is 0. The molecule has 1 aromatic heterocycles. The number of aryl methyl sites for hydroxylation is 1. The van der Waals surface area contributed by atoms with Crippen molar-refractivity contribution in [1.29, 1.82) is 0 Å². The Bertz CT molecular complexity index is 721. The normalized spacial score (nSPS) is 13.9. The van der Waals surface area contributed by atoms with Crippen LogP contribution in [0.2, 0.25) is 0 Å². The number of benzene rings is 1. The average molecular weight is 285 g/mol. The van der Waals surface area contributed by atoms with Gasteiger partial charge in [-0.15, -0.1) is 0 Å². The number of H-pyrrole nitrogens is 1. The van der Waals surface area contributed by atoms with Gasteiger partial charge in [-0.05, 0) is 36.6 Å². The first-order chi connectivity index (χ1) is 10.1. The Labute approximate surface area is 121 Å². The molecule has 0 spiro atoms. The second-order valence-corrected chi connectivity index (χ2v) is 5.16. The molecule has 1 amide bonds. The van der Waals surface area contributed by atoms with Crippen LogP contribution in [0.15, 0.2) is 24.3 Å². The highest BCUT2D eigenvalue weighted by atomic mass is 16.4. The standard InChI is InChI=1S/C15H15N3O3/c1-9-7-13(17-16-9)14(19)18-6-5-11-10(8-18)3-2-4-12(11)15(20)21/h2-4,7H,5-6,8H2,1H3,(H,16,17)(H,20,21). The van der Waals surface area contributed by atoms with Gasteiger partial charge in [0.05, 0.1) is 5.56 Å². The summed E-state index contributed by atoms with van der Waals surface area (Å²) in [5.74, 6) is -1.06. The molecule has 2 heterocycles. The zero-order valence-electron chi connectivity index (χ0n) is 11.6. The summed E-state index contributed by atoms with van der Waals surface area (Å²) in [6.45, 7) is 2.76. The summed E-state index contributed by atoms with van der Waals surface area (Å²) in [4.78, 5) is 25.3. The first kappa shape index (κ1) is 13.4. The van der Waals surface area contributed by atoms with E-state index in [2.05, 4.69) is 10.2 Å². The molecule has 0 atom stereocenters. The maximum atomic E-state index is 12.4. The van der Waals surface area contributed by atoms with Gasteiger partial charge in [0.25, 0.3) is 5.91 Å². The van der Waals surface area contributed by atoms with Gasteiger partial charge in [-0.25, -0.2) is 4.79 Å². The number of nitrogens with zero attached hydrogens (tertiary/aromatic N) is 2. The third kappa shape index (κ3) is 2.40. The minimum Gasteiger partial charge on any atom is -0.478 e. The highest BCUT2D eigenvalue weighted by molar-refractivity contribution is 5.93. The molecule has 2 N–H and O–H groups in total. The van der Waals surface area contributed by atoms with Gasteiger partial charge in [0, 0.05) is 18.8 Å². The largest absolute Gasteiger partial charge is 0.478 e. The Morgan fingerprint density at radius 3 is 2.86 bits per heavy atom. The summed E-state index contributed by atoms with van der Waals surface area (Å²) in [7, 11) is 0. The van der Waals surface area contributed by atoms with Crippen molar-refractivity contribution in [2.75, 3.05) is 6.54 Å². The van der Waals surface area contributed by atoms with E-state index in [9.17, 15) is 14.7 Å². The predicted molar refractivity (Wildman–Crippen MR) is 75.2 cm³/mol. The van der Waals surface area contributed by atoms with Crippen molar-refractivity contribution in [3.05, 3.63) is 52.3 Å². The van der Waals surface area contributed by atoms with Crippen molar-refractivity contribution in [1.82, 2.24) is 15.1 Å². The quantitative estimate of drug-likeness (QED) is 0.877. The van der Waals surface area contributed by atoms with Crippen LogP contribution >= 0.6 is 0 Å². The van der Waals surface area contributed by atoms with Crippen LogP contribution in [0.4, 0.5) is 0 Å². The van der Waals surface area contributed by atoms with Gasteiger partial charge in [0.15, 0.2) is 0 Å². The van der Waals surface area contributed by atoms with Gasteiger partial charge in [-0.1, -0.05) is 12.1 Å². The van der Waals surface area contributed by atoms with Crippen LogP contribution in [0.1, 0.15) is 37.7 Å². The second kappa shape index (κ2) is 5.05. The van der Waals surface area contributed by atoms with E-state index in [-0.39, 0.29) is 5.91 Å². The van der Waals surface area contributed by atoms with Crippen molar-refractivity contribution >= 4 is 11.9 Å². The zero-order valence-corrected chi connectivity index (χ0v) is 11.6. The summed E-state index contributed by atoms with van der Waals surface area (Å²) in [5, 5.41) is 15.9. The smallest absolute Gasteiger partial charge is 0.335 e. The van der Waals surface area contributed by atoms with Crippen molar-refractivity contribution < 1.29 is 14.7 Å². The topological polar surface area (TPSA) is 86.3 Å². The fourth-order valence-electron chi connectivity index (χ4n) is 2.67. The monoisotopic (exact) mass is 285 g/mol. The molecular formula is C15H15N3O3. The lowest BCUT2D eigenvalue weighted by Gasteiger charge is -2.29. The second-order valence-electron chi connectivity index (χ2n) is 5.16. The van der Waals surface area contributed by atoms with E-state index >= 15 is 0 Å². The molecule has 108 valence electrons. The maximum absolute atomic E-state index is 12.4. The number of carboxylic acid groups (broad SMARTS) is 1. The predicted octanol–water partition coefficient (Wildman–Crippen LogP) is 1.61. The van der Waals surface area contributed by atoms with Gasteiger partial charge < -0.3 is 10.0 Å². The molecule has 3 rings (SSSR count). The van der Waals surface area contributed by atoms with Crippen molar-refractivity contribution in [3.63, 3.8) is 0 Å². The van der Waals surface area contributed by atoms with Gasteiger partial charge in [0.1, 0.15) is 5.69 Å². The number of rotatable bonds is 2. The fraction of sp³-hybridized carbons (Fsp3) is 0.267. The molecule has 0 bridgehead atoms. The lowest BCUT2D eigenvalue weighted by molar-refractivity contribution is 0.0694. The van der Waals surface area contributed by atoms with E-state index in [0.29, 0.717) is 30.8 Å². The minimum absolute atomic E-state index is 0.134. The number of aromatic carboxylic acids is 1. The Morgan fingerprint density at radius 2 is 2.19 bits per heavy atom. The molecule has 0 saturated carbocycles. The highest BCUT2D eigenvalue weighted by Crippen LogP contribution is 2.23. The molecule has 0 fully saturated rings. The van der Waals surface area contributed by atoms with Crippen LogP contribution in [0, 0.1) is 6.92 Å². The number of aromatic nitrogens is 2. The van der Waals surface area contributed by atoms with Crippen LogP contribution in [0.5, 0.6) is 0 Å². The van der Waals surface area contributed by atoms with Gasteiger partial charge in [-0.2, -0.15) is 5.10 Å². The minimum atomic E-state index is -0.922. The van der Waals surface area contributed by atoms with Crippen LogP contribution in [0.3, 0.4) is 0 Å². The SMILES string of the molecule is Cc1cc(C(=O)N2CCc3c(cccc3C(=O)O)C2)n[nH]1. The number of fused-ring (bicyclic) bond motifs is 1. The molecule has 1 aliphatic heterocycles. The molecule has 0 aliphatic carbocycles. The number of hydrogen-bond acceptors (Lipinski definition) is 3. The van der Waals surface area contributed by atoms with E-state index in [1.54, 1.807) is 23.1 Å². The summed E-state index contributed by atoms with van der Waals surface area (Å²) in [5.41, 5.74) is 3.28. The summed E-state index contributed by atoms with van der Waals surface area (Å²) >= 11 is 0. The molecule has 1 aliphatic rings.